The molecular formula is C10H13IN2O2. The molecule has 1 aliphatic carbocycles. The first-order valence-electron chi connectivity index (χ1n) is 4.85. The van der Waals surface area contributed by atoms with Gasteiger partial charge in [-0.2, -0.15) is 0 Å². The van der Waals surface area contributed by atoms with Crippen LogP contribution in [0.5, 0.6) is 0 Å². The van der Waals surface area contributed by atoms with Gasteiger partial charge in [-0.25, -0.2) is 4.98 Å². The Morgan fingerprint density at radius 1 is 1.60 bits per heavy atom. The average Bonchev–Trinajstić information content (AvgIpc) is 2.93. The first-order chi connectivity index (χ1) is 7.07. The lowest BCUT2D eigenvalue weighted by molar-refractivity contribution is 0.180. The molecular weight excluding hydrogens is 307 g/mol. The fraction of sp³-hybridized carbons (Fsp3) is 0.600. The number of ether oxygens (including phenoxy) is 1. The smallest absolute Gasteiger partial charge is 0.264 e. The Hall–Kier alpha value is -0.430. The minimum Gasteiger partial charge on any atom is -0.378 e. The lowest BCUT2D eigenvalue weighted by Crippen LogP contribution is -2.22. The van der Waals surface area contributed by atoms with Crippen LogP contribution in [-0.2, 0) is 16.8 Å². The van der Waals surface area contributed by atoms with Gasteiger partial charge >= 0.3 is 0 Å². The predicted octanol–water partition coefficient (Wildman–Crippen LogP) is 1.57. The van der Waals surface area contributed by atoms with Gasteiger partial charge in [0.25, 0.3) is 5.56 Å². The number of hydrogen-bond acceptors (Lipinski definition) is 3. The monoisotopic (exact) mass is 320 g/mol. The number of H-pyrrole nitrogens is 1. The highest BCUT2D eigenvalue weighted by Crippen LogP contribution is 2.45. The second-order valence-electron chi connectivity index (χ2n) is 4.17. The molecule has 0 atom stereocenters. The summed E-state index contributed by atoms with van der Waals surface area (Å²) in [5.41, 5.74) is 0.775. The zero-order valence-corrected chi connectivity index (χ0v) is 10.9. The maximum atomic E-state index is 11.7. The zero-order valence-electron chi connectivity index (χ0n) is 8.76. The maximum Gasteiger partial charge on any atom is 0.264 e. The lowest BCUT2D eigenvalue weighted by Gasteiger charge is -2.10. The number of rotatable bonds is 3. The van der Waals surface area contributed by atoms with Crippen LogP contribution in [0.2, 0.25) is 0 Å². The molecule has 0 saturated heterocycles. The Morgan fingerprint density at radius 2 is 2.27 bits per heavy atom. The highest BCUT2D eigenvalue weighted by atomic mass is 127. The van der Waals surface area contributed by atoms with Crippen molar-refractivity contribution in [3.8, 4) is 0 Å². The highest BCUT2D eigenvalue weighted by molar-refractivity contribution is 14.1. The first kappa shape index (κ1) is 11.1. The summed E-state index contributed by atoms with van der Waals surface area (Å²) in [6, 6.07) is 0. The molecule has 1 aromatic heterocycles. The van der Waals surface area contributed by atoms with Crippen LogP contribution in [-0.4, -0.2) is 17.1 Å². The van der Waals surface area contributed by atoms with Gasteiger partial charge in [0.05, 0.1) is 12.3 Å². The van der Waals surface area contributed by atoms with Gasteiger partial charge < -0.3 is 9.72 Å². The van der Waals surface area contributed by atoms with Crippen molar-refractivity contribution in [1.82, 2.24) is 9.97 Å². The molecule has 0 aromatic carbocycles. The third-order valence-corrected chi connectivity index (χ3v) is 3.90. The molecule has 1 saturated carbocycles. The molecule has 0 bridgehead atoms. The van der Waals surface area contributed by atoms with Crippen LogP contribution in [0.4, 0.5) is 0 Å². The molecule has 4 nitrogen and oxygen atoms in total. The number of nitrogens with zero attached hydrogens (tertiary/aromatic N) is 1. The van der Waals surface area contributed by atoms with Gasteiger partial charge in [0, 0.05) is 12.5 Å². The normalized spacial score (nSPS) is 17.8. The van der Waals surface area contributed by atoms with Crippen molar-refractivity contribution < 1.29 is 4.74 Å². The number of aromatic amines is 1. The van der Waals surface area contributed by atoms with Gasteiger partial charge in [-0.05, 0) is 35.4 Å². The van der Waals surface area contributed by atoms with E-state index in [-0.39, 0.29) is 11.0 Å². The largest absolute Gasteiger partial charge is 0.378 e. The minimum absolute atomic E-state index is 0.0548. The molecule has 1 aromatic rings. The number of nitrogens with one attached hydrogen (secondary N) is 1. The van der Waals surface area contributed by atoms with Gasteiger partial charge in [0.15, 0.2) is 0 Å². The Labute approximate surface area is 102 Å². The summed E-state index contributed by atoms with van der Waals surface area (Å²) in [6.45, 7) is 2.51. The van der Waals surface area contributed by atoms with Crippen molar-refractivity contribution in [2.24, 2.45) is 0 Å². The Balaban J connectivity index is 2.46. The summed E-state index contributed by atoms with van der Waals surface area (Å²) in [7, 11) is 1.61. The Morgan fingerprint density at radius 3 is 2.80 bits per heavy atom. The summed E-state index contributed by atoms with van der Waals surface area (Å²) in [4.78, 5) is 19.0. The third kappa shape index (κ3) is 2.08. The first-order valence-corrected chi connectivity index (χ1v) is 5.93. The molecule has 0 radical (unpaired) electrons. The average molecular weight is 320 g/mol. The van der Waals surface area contributed by atoms with Crippen LogP contribution in [0.3, 0.4) is 0 Å². The Bertz CT molecular complexity index is 438. The second-order valence-corrected chi connectivity index (χ2v) is 5.25. The molecule has 0 spiro atoms. The summed E-state index contributed by atoms with van der Waals surface area (Å²) >= 11 is 2.01. The van der Waals surface area contributed by atoms with Crippen molar-refractivity contribution in [1.29, 1.82) is 0 Å². The van der Waals surface area contributed by atoms with Crippen molar-refractivity contribution >= 4 is 22.6 Å². The molecule has 0 amide bonds. The molecule has 1 heterocycles. The van der Waals surface area contributed by atoms with E-state index in [2.05, 4.69) is 16.9 Å². The fourth-order valence-electron chi connectivity index (χ4n) is 1.45. The topological polar surface area (TPSA) is 55.0 Å². The van der Waals surface area contributed by atoms with E-state index in [0.717, 1.165) is 24.4 Å². The molecule has 1 fully saturated rings. The molecule has 82 valence electrons. The fourth-order valence-corrected chi connectivity index (χ4v) is 1.86. The van der Waals surface area contributed by atoms with Crippen LogP contribution >= 0.6 is 22.6 Å². The van der Waals surface area contributed by atoms with Gasteiger partial charge in [-0.1, -0.05) is 6.92 Å². The van der Waals surface area contributed by atoms with Crippen molar-refractivity contribution in [2.75, 3.05) is 7.11 Å². The van der Waals surface area contributed by atoms with E-state index in [0.29, 0.717) is 10.2 Å². The summed E-state index contributed by atoms with van der Waals surface area (Å²) in [5.74, 6) is 0.806. The van der Waals surface area contributed by atoms with Crippen LogP contribution in [0, 0.1) is 3.57 Å². The number of hydrogen-bond donors (Lipinski definition) is 1. The predicted molar refractivity (Wildman–Crippen MR) is 64.9 cm³/mol. The molecule has 5 heteroatoms. The standard InChI is InChI=1S/C10H13IN2O2/c1-10(3-4-10)9-12-6(5-15-2)7(11)8(14)13-9/h3-5H2,1-2H3,(H,12,13,14). The lowest BCUT2D eigenvalue weighted by atomic mass is 10.1. The number of halogens is 1. The van der Waals surface area contributed by atoms with Gasteiger partial charge in [0.2, 0.25) is 0 Å². The van der Waals surface area contributed by atoms with Crippen molar-refractivity contribution in [3.05, 3.63) is 25.4 Å². The molecule has 1 aliphatic rings. The van der Waals surface area contributed by atoms with E-state index in [4.69, 9.17) is 4.74 Å². The maximum absolute atomic E-state index is 11.7. The SMILES string of the molecule is COCc1nc(C2(C)CC2)[nH]c(=O)c1I. The molecule has 1 N–H and O–H groups in total. The summed E-state index contributed by atoms with van der Waals surface area (Å²) in [5, 5.41) is 0. The van der Waals surface area contributed by atoms with E-state index >= 15 is 0 Å². The van der Waals surface area contributed by atoms with Crippen molar-refractivity contribution in [2.45, 2.75) is 31.8 Å². The number of aromatic nitrogens is 2. The van der Waals surface area contributed by atoms with Gasteiger partial charge in [-0.3, -0.25) is 4.79 Å². The van der Waals surface area contributed by atoms with E-state index in [1.54, 1.807) is 7.11 Å². The van der Waals surface area contributed by atoms with E-state index in [1.807, 2.05) is 22.6 Å². The van der Waals surface area contributed by atoms with Crippen LogP contribution in [0.15, 0.2) is 4.79 Å². The van der Waals surface area contributed by atoms with E-state index in [9.17, 15) is 4.79 Å². The second kappa shape index (κ2) is 3.86. The minimum atomic E-state index is -0.0548. The van der Waals surface area contributed by atoms with E-state index < -0.39 is 0 Å². The summed E-state index contributed by atoms with van der Waals surface area (Å²) in [6.07, 6.45) is 2.20. The quantitative estimate of drug-likeness (QED) is 0.860. The van der Waals surface area contributed by atoms with Gasteiger partial charge in [-0.15, -0.1) is 0 Å². The molecule has 0 aliphatic heterocycles. The molecule has 15 heavy (non-hydrogen) atoms. The van der Waals surface area contributed by atoms with E-state index in [1.165, 1.54) is 0 Å². The van der Waals surface area contributed by atoms with Crippen LogP contribution in [0.25, 0.3) is 0 Å². The third-order valence-electron chi connectivity index (χ3n) is 2.78. The zero-order chi connectivity index (χ0) is 11.1. The van der Waals surface area contributed by atoms with Crippen LogP contribution < -0.4 is 5.56 Å². The molecule has 0 unspecified atom stereocenters. The van der Waals surface area contributed by atoms with Crippen LogP contribution in [0.1, 0.15) is 31.3 Å². The highest BCUT2D eigenvalue weighted by Gasteiger charge is 2.42. The Kier molecular flexibility index (Phi) is 2.85. The summed E-state index contributed by atoms with van der Waals surface area (Å²) < 4.78 is 5.66. The van der Waals surface area contributed by atoms with Gasteiger partial charge in [0.1, 0.15) is 9.39 Å². The van der Waals surface area contributed by atoms with Crippen molar-refractivity contribution in [3.63, 3.8) is 0 Å². The number of methoxy groups -OCH3 is 1. The molecule has 2 rings (SSSR count).